The van der Waals surface area contributed by atoms with Crippen LogP contribution in [-0.4, -0.2) is 23.7 Å². The second-order valence-electron chi connectivity index (χ2n) is 11.7. The fourth-order valence-electron chi connectivity index (χ4n) is 5.52. The molecule has 0 radical (unpaired) electrons. The molecule has 0 fully saturated rings. The van der Waals surface area contributed by atoms with Crippen molar-refractivity contribution in [2.24, 2.45) is 23.2 Å². The molecule has 0 aliphatic rings. The van der Waals surface area contributed by atoms with Crippen LogP contribution in [0.4, 0.5) is 0 Å². The third kappa shape index (κ3) is 15.3. The SMILES string of the molecule is CCCCC(CC)COC(=O)C(CCCCCCCCCCC(=O)O)(CC(CC)CCCC)C(C)C. The van der Waals surface area contributed by atoms with Crippen LogP contribution < -0.4 is 0 Å². The van der Waals surface area contributed by atoms with Crippen molar-refractivity contribution in [3.8, 4) is 0 Å². The highest BCUT2D eigenvalue weighted by Crippen LogP contribution is 2.43. The minimum Gasteiger partial charge on any atom is -0.481 e. The third-order valence-electron chi connectivity index (χ3n) is 8.46. The van der Waals surface area contributed by atoms with Crippen molar-refractivity contribution in [1.82, 2.24) is 0 Å². The predicted octanol–water partition coefficient (Wildman–Crippen LogP) is 9.98. The molecule has 0 rings (SSSR count). The summed E-state index contributed by atoms with van der Waals surface area (Å²) in [5.74, 6) is 0.740. The number of carbonyl (C=O) groups is 2. The van der Waals surface area contributed by atoms with Gasteiger partial charge in [-0.05, 0) is 43.4 Å². The lowest BCUT2D eigenvalue weighted by atomic mass is 9.67. The Morgan fingerprint density at radius 2 is 1.22 bits per heavy atom. The third-order valence-corrected chi connectivity index (χ3v) is 8.46. The van der Waals surface area contributed by atoms with Gasteiger partial charge in [-0.1, -0.05) is 131 Å². The van der Waals surface area contributed by atoms with Gasteiger partial charge in [0, 0.05) is 6.42 Å². The van der Waals surface area contributed by atoms with Crippen molar-refractivity contribution in [2.45, 2.75) is 164 Å². The number of hydrogen-bond donors (Lipinski definition) is 1. The lowest BCUT2D eigenvalue weighted by Gasteiger charge is -2.38. The van der Waals surface area contributed by atoms with Crippen LogP contribution in [0.25, 0.3) is 0 Å². The molecule has 0 spiro atoms. The van der Waals surface area contributed by atoms with E-state index in [0.717, 1.165) is 64.2 Å². The Morgan fingerprint density at radius 1 is 0.722 bits per heavy atom. The Balaban J connectivity index is 5.02. The molecule has 1 N–H and O–H groups in total. The zero-order chi connectivity index (χ0) is 27.2. The van der Waals surface area contributed by atoms with Gasteiger partial charge in [0.2, 0.25) is 0 Å². The fraction of sp³-hybridized carbons (Fsp3) is 0.938. The molecule has 0 bridgehead atoms. The monoisotopic (exact) mass is 510 g/mol. The molecular weight excluding hydrogens is 448 g/mol. The molecule has 0 amide bonds. The van der Waals surface area contributed by atoms with E-state index >= 15 is 0 Å². The Bertz CT molecular complexity index is 544. The lowest BCUT2D eigenvalue weighted by Crippen LogP contribution is -2.40. The van der Waals surface area contributed by atoms with Crippen LogP contribution in [0.1, 0.15) is 164 Å². The highest BCUT2D eigenvalue weighted by molar-refractivity contribution is 5.77. The molecule has 0 aromatic carbocycles. The average molecular weight is 511 g/mol. The van der Waals surface area contributed by atoms with Crippen molar-refractivity contribution in [1.29, 1.82) is 0 Å². The molecule has 3 atom stereocenters. The molecule has 4 nitrogen and oxygen atoms in total. The number of ether oxygens (including phenoxy) is 1. The van der Waals surface area contributed by atoms with Crippen LogP contribution in [0, 0.1) is 23.2 Å². The summed E-state index contributed by atoms with van der Waals surface area (Å²) < 4.78 is 6.14. The van der Waals surface area contributed by atoms with Crippen LogP contribution in [0.15, 0.2) is 0 Å². The maximum atomic E-state index is 13.8. The largest absolute Gasteiger partial charge is 0.481 e. The van der Waals surface area contributed by atoms with Crippen molar-refractivity contribution >= 4 is 11.9 Å². The summed E-state index contributed by atoms with van der Waals surface area (Å²) in [5.41, 5.74) is -0.367. The van der Waals surface area contributed by atoms with Crippen LogP contribution in [0.3, 0.4) is 0 Å². The summed E-state index contributed by atoms with van der Waals surface area (Å²) in [6.07, 6.45) is 20.4. The average Bonchev–Trinajstić information content (AvgIpc) is 2.86. The van der Waals surface area contributed by atoms with E-state index in [0.29, 0.717) is 24.9 Å². The molecule has 4 heteroatoms. The van der Waals surface area contributed by atoms with E-state index in [9.17, 15) is 9.59 Å². The zero-order valence-electron chi connectivity index (χ0n) is 25.0. The van der Waals surface area contributed by atoms with Crippen molar-refractivity contribution < 1.29 is 19.4 Å². The van der Waals surface area contributed by atoms with Gasteiger partial charge in [0.25, 0.3) is 0 Å². The Labute approximate surface area is 224 Å². The zero-order valence-corrected chi connectivity index (χ0v) is 25.0. The summed E-state index contributed by atoms with van der Waals surface area (Å²) in [5, 5.41) is 8.74. The number of carboxylic acids is 1. The van der Waals surface area contributed by atoms with Gasteiger partial charge in [-0.25, -0.2) is 0 Å². The van der Waals surface area contributed by atoms with Gasteiger partial charge in [0.15, 0.2) is 0 Å². The summed E-state index contributed by atoms with van der Waals surface area (Å²) in [6, 6.07) is 0. The molecule has 36 heavy (non-hydrogen) atoms. The molecule has 0 aliphatic heterocycles. The number of aliphatic carboxylic acids is 1. The molecule has 0 heterocycles. The summed E-state index contributed by atoms with van der Waals surface area (Å²) >= 11 is 0. The van der Waals surface area contributed by atoms with Crippen molar-refractivity contribution in [3.05, 3.63) is 0 Å². The van der Waals surface area contributed by atoms with E-state index in [1.54, 1.807) is 0 Å². The summed E-state index contributed by atoms with van der Waals surface area (Å²) in [7, 11) is 0. The van der Waals surface area contributed by atoms with Crippen molar-refractivity contribution in [3.63, 3.8) is 0 Å². The molecular formula is C32H62O4. The Kier molecular flexibility index (Phi) is 21.3. The van der Waals surface area contributed by atoms with E-state index < -0.39 is 5.97 Å². The number of unbranched alkanes of at least 4 members (excludes halogenated alkanes) is 9. The Hall–Kier alpha value is -1.06. The van der Waals surface area contributed by atoms with E-state index in [1.807, 2.05) is 0 Å². The van der Waals surface area contributed by atoms with Crippen molar-refractivity contribution in [2.75, 3.05) is 6.61 Å². The van der Waals surface area contributed by atoms with E-state index in [4.69, 9.17) is 9.84 Å². The Morgan fingerprint density at radius 3 is 1.69 bits per heavy atom. The quantitative estimate of drug-likeness (QED) is 0.0980. The second kappa shape index (κ2) is 22.0. The minimum atomic E-state index is -0.687. The summed E-state index contributed by atoms with van der Waals surface area (Å²) in [6.45, 7) is 14.0. The maximum Gasteiger partial charge on any atom is 0.312 e. The first-order valence-corrected chi connectivity index (χ1v) is 15.7. The number of carbonyl (C=O) groups excluding carboxylic acids is 1. The van der Waals surface area contributed by atoms with Gasteiger partial charge in [0.1, 0.15) is 0 Å². The second-order valence-corrected chi connectivity index (χ2v) is 11.7. The van der Waals surface area contributed by atoms with Gasteiger partial charge in [-0.2, -0.15) is 0 Å². The number of esters is 1. The van der Waals surface area contributed by atoms with Crippen LogP contribution in [-0.2, 0) is 14.3 Å². The van der Waals surface area contributed by atoms with Gasteiger partial charge >= 0.3 is 11.9 Å². The molecule has 3 unspecified atom stereocenters. The highest BCUT2D eigenvalue weighted by Gasteiger charge is 2.43. The van der Waals surface area contributed by atoms with E-state index in [-0.39, 0.29) is 17.3 Å². The lowest BCUT2D eigenvalue weighted by molar-refractivity contribution is -0.163. The predicted molar refractivity (Wildman–Crippen MR) is 153 cm³/mol. The number of hydrogen-bond acceptors (Lipinski definition) is 3. The fourth-order valence-corrected chi connectivity index (χ4v) is 5.52. The molecule has 0 saturated carbocycles. The molecule has 0 saturated heterocycles. The molecule has 0 aromatic rings. The number of carboxylic acid groups (broad SMARTS) is 1. The van der Waals surface area contributed by atoms with Crippen LogP contribution in [0.2, 0.25) is 0 Å². The normalized spacial score (nSPS) is 15.0. The van der Waals surface area contributed by atoms with Gasteiger partial charge in [0.05, 0.1) is 12.0 Å². The van der Waals surface area contributed by atoms with Crippen LogP contribution in [0.5, 0.6) is 0 Å². The topological polar surface area (TPSA) is 63.6 Å². The molecule has 214 valence electrons. The first kappa shape index (κ1) is 34.9. The first-order valence-electron chi connectivity index (χ1n) is 15.7. The smallest absolute Gasteiger partial charge is 0.312 e. The maximum absolute atomic E-state index is 13.8. The van der Waals surface area contributed by atoms with Gasteiger partial charge < -0.3 is 9.84 Å². The standard InChI is InChI=1S/C32H62O4/c1-7-11-21-28(9-3)25-32(27(5)6,31(35)36-26-29(10-4)22-12-8-2)24-20-18-16-14-13-15-17-19-23-30(33)34/h27-29H,7-26H2,1-6H3,(H,33,34). The van der Waals surface area contributed by atoms with Gasteiger partial charge in [-0.15, -0.1) is 0 Å². The number of rotatable bonds is 25. The van der Waals surface area contributed by atoms with E-state index in [1.165, 1.54) is 51.4 Å². The van der Waals surface area contributed by atoms with Crippen LogP contribution >= 0.6 is 0 Å². The van der Waals surface area contributed by atoms with Gasteiger partial charge in [-0.3, -0.25) is 9.59 Å². The minimum absolute atomic E-state index is 0.0702. The first-order chi connectivity index (χ1) is 17.3. The summed E-state index contributed by atoms with van der Waals surface area (Å²) in [4.78, 5) is 24.4. The molecule has 0 aromatic heterocycles. The molecule has 0 aliphatic carbocycles. The highest BCUT2D eigenvalue weighted by atomic mass is 16.5. The van der Waals surface area contributed by atoms with E-state index in [2.05, 4.69) is 41.5 Å².